The van der Waals surface area contributed by atoms with E-state index in [0.717, 1.165) is 0 Å². The van der Waals surface area contributed by atoms with Crippen LogP contribution in [0.2, 0.25) is 5.02 Å². The van der Waals surface area contributed by atoms with Crippen molar-refractivity contribution in [2.75, 3.05) is 10.6 Å². The molecule has 0 atom stereocenters. The summed E-state index contributed by atoms with van der Waals surface area (Å²) in [5.74, 6) is -2.60. The minimum atomic E-state index is -0.998. The van der Waals surface area contributed by atoms with Crippen LogP contribution in [0.3, 0.4) is 0 Å². The minimum Gasteiger partial charge on any atom is -0.364 e. The molecule has 24 heavy (non-hydrogen) atoms. The second kappa shape index (κ2) is 6.75. The summed E-state index contributed by atoms with van der Waals surface area (Å²) < 4.78 is 40.2. The first-order chi connectivity index (χ1) is 11.5. The molecule has 3 N–H and O–H groups in total. The van der Waals surface area contributed by atoms with Crippen LogP contribution in [0.5, 0.6) is 0 Å². The van der Waals surface area contributed by atoms with Gasteiger partial charge in [0.25, 0.3) is 0 Å². The van der Waals surface area contributed by atoms with Gasteiger partial charge < -0.3 is 10.6 Å². The molecule has 0 amide bonds. The number of aromatic amines is 1. The van der Waals surface area contributed by atoms with E-state index in [9.17, 15) is 13.2 Å². The molecule has 3 rings (SSSR count). The zero-order valence-corrected chi connectivity index (χ0v) is 12.7. The van der Waals surface area contributed by atoms with E-state index in [1.807, 2.05) is 0 Å². The molecule has 0 spiro atoms. The molecule has 10 heteroatoms. The third-order valence-electron chi connectivity index (χ3n) is 3.04. The van der Waals surface area contributed by atoms with Crippen LogP contribution >= 0.6 is 11.6 Å². The third-order valence-corrected chi connectivity index (χ3v) is 3.31. The average molecular weight is 355 g/mol. The quantitative estimate of drug-likeness (QED) is 0.652. The van der Waals surface area contributed by atoms with Crippen molar-refractivity contribution < 1.29 is 13.2 Å². The molecule has 124 valence electrons. The number of halogens is 4. The summed E-state index contributed by atoms with van der Waals surface area (Å²) in [5, 5.41) is 12.1. The van der Waals surface area contributed by atoms with E-state index in [1.165, 1.54) is 12.4 Å². The molecule has 1 aromatic carbocycles. The molecule has 6 nitrogen and oxygen atoms in total. The van der Waals surface area contributed by atoms with Gasteiger partial charge in [-0.3, -0.25) is 5.10 Å². The smallest absolute Gasteiger partial charge is 0.229 e. The molecular weight excluding hydrogens is 345 g/mol. The standard InChI is InChI=1S/C14H10ClF3N6/c15-10-6-20-14(23-8-3-21-22-4-8)24-13(10)19-5-9-11(17)1-7(16)2-12(9)18/h1-4,6H,5H2,(H,21,22)(H2,19,20,23,24). The van der Waals surface area contributed by atoms with Crippen molar-refractivity contribution >= 4 is 29.1 Å². The maximum atomic E-state index is 13.6. The predicted molar refractivity (Wildman–Crippen MR) is 82.6 cm³/mol. The van der Waals surface area contributed by atoms with E-state index in [4.69, 9.17) is 11.6 Å². The summed E-state index contributed by atoms with van der Waals surface area (Å²) in [5.41, 5.74) is 0.300. The van der Waals surface area contributed by atoms with Gasteiger partial charge in [-0.2, -0.15) is 10.1 Å². The molecule has 0 saturated heterocycles. The van der Waals surface area contributed by atoms with Crippen molar-refractivity contribution in [2.24, 2.45) is 0 Å². The van der Waals surface area contributed by atoms with Crippen LogP contribution in [0.25, 0.3) is 0 Å². The van der Waals surface area contributed by atoms with Gasteiger partial charge in [-0.15, -0.1) is 0 Å². The summed E-state index contributed by atoms with van der Waals surface area (Å²) in [7, 11) is 0. The summed E-state index contributed by atoms with van der Waals surface area (Å²) in [6, 6.07) is 1.21. The van der Waals surface area contributed by atoms with Crippen LogP contribution in [0.4, 0.5) is 30.6 Å². The first-order valence-corrected chi connectivity index (χ1v) is 7.06. The van der Waals surface area contributed by atoms with Crippen LogP contribution < -0.4 is 10.6 Å². The van der Waals surface area contributed by atoms with Gasteiger partial charge in [0.15, 0.2) is 5.82 Å². The lowest BCUT2D eigenvalue weighted by atomic mass is 10.2. The van der Waals surface area contributed by atoms with Crippen molar-refractivity contribution in [1.29, 1.82) is 0 Å². The first kappa shape index (κ1) is 16.1. The second-order valence-corrected chi connectivity index (χ2v) is 5.11. The van der Waals surface area contributed by atoms with Crippen LogP contribution in [-0.2, 0) is 6.54 Å². The van der Waals surface area contributed by atoms with Crippen molar-refractivity contribution in [3.8, 4) is 0 Å². The van der Waals surface area contributed by atoms with Crippen molar-refractivity contribution in [1.82, 2.24) is 20.2 Å². The molecule has 0 aliphatic rings. The van der Waals surface area contributed by atoms with Crippen LogP contribution in [0.15, 0.2) is 30.7 Å². The normalized spacial score (nSPS) is 10.7. The Morgan fingerprint density at radius 2 is 1.88 bits per heavy atom. The number of rotatable bonds is 5. The number of anilines is 3. The number of hydrogen-bond acceptors (Lipinski definition) is 5. The lowest BCUT2D eigenvalue weighted by molar-refractivity contribution is 0.526. The van der Waals surface area contributed by atoms with Crippen LogP contribution in [0, 0.1) is 17.5 Å². The van der Waals surface area contributed by atoms with Gasteiger partial charge in [-0.1, -0.05) is 11.6 Å². The Kier molecular flexibility index (Phi) is 4.52. The Morgan fingerprint density at radius 3 is 2.54 bits per heavy atom. The molecule has 3 aromatic rings. The zero-order chi connectivity index (χ0) is 17.1. The Labute approximate surface area is 139 Å². The highest BCUT2D eigenvalue weighted by molar-refractivity contribution is 6.32. The lowest BCUT2D eigenvalue weighted by Gasteiger charge is -2.10. The van der Waals surface area contributed by atoms with E-state index < -0.39 is 17.5 Å². The van der Waals surface area contributed by atoms with Gasteiger partial charge in [-0.25, -0.2) is 18.2 Å². The third kappa shape index (κ3) is 3.57. The van der Waals surface area contributed by atoms with Crippen molar-refractivity contribution in [3.05, 3.63) is 58.8 Å². The van der Waals surface area contributed by atoms with Gasteiger partial charge >= 0.3 is 0 Å². The summed E-state index contributed by atoms with van der Waals surface area (Å²) in [6.07, 6.45) is 4.44. The van der Waals surface area contributed by atoms with Crippen molar-refractivity contribution in [3.63, 3.8) is 0 Å². The molecular formula is C14H10ClF3N6. The highest BCUT2D eigenvalue weighted by Crippen LogP contribution is 2.23. The zero-order valence-electron chi connectivity index (χ0n) is 11.9. The summed E-state index contributed by atoms with van der Waals surface area (Å²) in [6.45, 7) is -0.264. The second-order valence-electron chi connectivity index (χ2n) is 4.70. The average Bonchev–Trinajstić information content (AvgIpc) is 3.02. The van der Waals surface area contributed by atoms with Crippen LogP contribution in [0.1, 0.15) is 5.56 Å². The van der Waals surface area contributed by atoms with E-state index in [1.54, 1.807) is 6.20 Å². The SMILES string of the molecule is Fc1cc(F)c(CNc2nc(Nc3cn[nH]c3)ncc2Cl)c(F)c1. The van der Waals surface area contributed by atoms with Gasteiger partial charge in [0, 0.05) is 30.4 Å². The number of H-pyrrole nitrogens is 1. The largest absolute Gasteiger partial charge is 0.364 e. The fourth-order valence-electron chi connectivity index (χ4n) is 1.91. The fourth-order valence-corrected chi connectivity index (χ4v) is 2.07. The Morgan fingerprint density at radius 1 is 1.12 bits per heavy atom. The number of nitrogens with one attached hydrogen (secondary N) is 3. The molecule has 2 heterocycles. The molecule has 0 unspecified atom stereocenters. The van der Waals surface area contributed by atoms with Gasteiger partial charge in [0.1, 0.15) is 22.5 Å². The maximum absolute atomic E-state index is 13.6. The van der Waals surface area contributed by atoms with Gasteiger partial charge in [-0.05, 0) is 0 Å². The molecule has 0 aliphatic carbocycles. The Bertz CT molecular complexity index is 833. The molecule has 0 aliphatic heterocycles. The van der Waals surface area contributed by atoms with E-state index in [0.29, 0.717) is 17.8 Å². The predicted octanol–water partition coefficient (Wildman–Crippen LogP) is 3.63. The number of nitrogens with zero attached hydrogens (tertiary/aromatic N) is 3. The topological polar surface area (TPSA) is 78.5 Å². The molecule has 0 fully saturated rings. The maximum Gasteiger partial charge on any atom is 0.229 e. The van der Waals surface area contributed by atoms with E-state index >= 15 is 0 Å². The van der Waals surface area contributed by atoms with E-state index in [2.05, 4.69) is 30.8 Å². The van der Waals surface area contributed by atoms with Gasteiger partial charge in [0.05, 0.1) is 18.1 Å². The Hall–Kier alpha value is -2.81. The fraction of sp³-hybridized carbons (Fsp3) is 0.0714. The van der Waals surface area contributed by atoms with Gasteiger partial charge in [0.2, 0.25) is 5.95 Å². The number of hydrogen-bond donors (Lipinski definition) is 3. The molecule has 0 saturated carbocycles. The number of aromatic nitrogens is 4. The Balaban J connectivity index is 1.77. The highest BCUT2D eigenvalue weighted by atomic mass is 35.5. The summed E-state index contributed by atoms with van der Waals surface area (Å²) in [4.78, 5) is 8.10. The van der Waals surface area contributed by atoms with Crippen LogP contribution in [-0.4, -0.2) is 20.2 Å². The minimum absolute atomic E-state index is 0.163. The lowest BCUT2D eigenvalue weighted by Crippen LogP contribution is -2.08. The van der Waals surface area contributed by atoms with E-state index in [-0.39, 0.29) is 28.9 Å². The van der Waals surface area contributed by atoms with Crippen molar-refractivity contribution in [2.45, 2.75) is 6.54 Å². The molecule has 0 bridgehead atoms. The summed E-state index contributed by atoms with van der Waals surface area (Å²) >= 11 is 5.97. The number of benzene rings is 1. The monoisotopic (exact) mass is 354 g/mol. The first-order valence-electron chi connectivity index (χ1n) is 6.68. The molecule has 0 radical (unpaired) electrons. The molecule has 2 aromatic heterocycles. The highest BCUT2D eigenvalue weighted by Gasteiger charge is 2.13.